The summed E-state index contributed by atoms with van der Waals surface area (Å²) in [5.74, 6) is 0.986. The van der Waals surface area contributed by atoms with Gasteiger partial charge in [0.2, 0.25) is 15.9 Å². The van der Waals surface area contributed by atoms with Crippen LogP contribution in [0.25, 0.3) is 11.0 Å². The van der Waals surface area contributed by atoms with Gasteiger partial charge in [-0.25, -0.2) is 17.7 Å². The number of nitrogens with one attached hydrogen (secondary N) is 1. The Labute approximate surface area is 148 Å². The Hall–Kier alpha value is -1.93. The highest BCUT2D eigenvalue weighted by Gasteiger charge is 2.25. The quantitative estimate of drug-likeness (QED) is 0.886. The number of fused-ring (bicyclic) bond motifs is 1. The maximum atomic E-state index is 12.6. The van der Waals surface area contributed by atoms with Gasteiger partial charge in [0.15, 0.2) is 0 Å². The van der Waals surface area contributed by atoms with Gasteiger partial charge in [-0.05, 0) is 38.0 Å². The van der Waals surface area contributed by atoms with E-state index < -0.39 is 10.0 Å². The predicted molar refractivity (Wildman–Crippen MR) is 96.8 cm³/mol. The van der Waals surface area contributed by atoms with Crippen molar-refractivity contribution in [1.82, 2.24) is 19.2 Å². The van der Waals surface area contributed by atoms with Crippen molar-refractivity contribution >= 4 is 27.0 Å². The van der Waals surface area contributed by atoms with Crippen LogP contribution in [0.1, 0.15) is 24.7 Å². The lowest BCUT2D eigenvalue weighted by molar-refractivity contribution is -0.130. The fourth-order valence-corrected chi connectivity index (χ4v) is 4.32. The van der Waals surface area contributed by atoms with Gasteiger partial charge in [0.1, 0.15) is 5.82 Å². The molecular formula is C17H24N4O3S. The molecule has 0 saturated carbocycles. The van der Waals surface area contributed by atoms with Crippen LogP contribution in [0.3, 0.4) is 0 Å². The number of aromatic amines is 1. The minimum Gasteiger partial charge on any atom is -0.342 e. The van der Waals surface area contributed by atoms with Crippen LogP contribution in [0.2, 0.25) is 0 Å². The SMILES string of the molecule is CCS(=O)(=O)N1CCCN(C(=O)Cc2ccc3nc(C)[nH]c3c2)CC1. The van der Waals surface area contributed by atoms with Gasteiger partial charge in [0.25, 0.3) is 0 Å². The topological polar surface area (TPSA) is 86.4 Å². The molecule has 0 atom stereocenters. The largest absolute Gasteiger partial charge is 0.342 e. The molecule has 2 aromatic rings. The summed E-state index contributed by atoms with van der Waals surface area (Å²) in [4.78, 5) is 21.9. The predicted octanol–water partition coefficient (Wildman–Crippen LogP) is 1.30. The zero-order valence-corrected chi connectivity index (χ0v) is 15.5. The molecule has 2 heterocycles. The summed E-state index contributed by atoms with van der Waals surface area (Å²) in [6.07, 6.45) is 0.984. The first kappa shape index (κ1) is 17.9. The molecule has 8 heteroatoms. The van der Waals surface area contributed by atoms with Gasteiger partial charge in [0, 0.05) is 26.2 Å². The minimum atomic E-state index is -3.19. The number of carbonyl (C=O) groups excluding carboxylic acids is 1. The number of aromatic nitrogens is 2. The molecule has 7 nitrogen and oxygen atoms in total. The van der Waals surface area contributed by atoms with Crippen molar-refractivity contribution < 1.29 is 13.2 Å². The fourth-order valence-electron chi connectivity index (χ4n) is 3.18. The van der Waals surface area contributed by atoms with Crippen LogP contribution in [0, 0.1) is 6.92 Å². The van der Waals surface area contributed by atoms with Gasteiger partial charge in [-0.3, -0.25) is 4.79 Å². The lowest BCUT2D eigenvalue weighted by atomic mass is 10.1. The molecule has 1 aromatic carbocycles. The fraction of sp³-hybridized carbons (Fsp3) is 0.529. The number of sulfonamides is 1. The molecule has 1 amide bonds. The third kappa shape index (κ3) is 4.01. The summed E-state index contributed by atoms with van der Waals surface area (Å²) in [7, 11) is -3.19. The maximum Gasteiger partial charge on any atom is 0.227 e. The van der Waals surface area contributed by atoms with Crippen LogP contribution in [0.4, 0.5) is 0 Å². The second-order valence-corrected chi connectivity index (χ2v) is 8.64. The van der Waals surface area contributed by atoms with Crippen LogP contribution < -0.4 is 0 Å². The van der Waals surface area contributed by atoms with E-state index in [0.717, 1.165) is 22.4 Å². The lowest BCUT2D eigenvalue weighted by Gasteiger charge is -2.21. The molecular weight excluding hydrogens is 340 g/mol. The molecule has 3 rings (SSSR count). The maximum absolute atomic E-state index is 12.6. The minimum absolute atomic E-state index is 0.0336. The van der Waals surface area contributed by atoms with Crippen LogP contribution >= 0.6 is 0 Å². The number of amides is 1. The average molecular weight is 364 g/mol. The molecule has 136 valence electrons. The van der Waals surface area contributed by atoms with Crippen molar-refractivity contribution in [3.8, 4) is 0 Å². The summed E-state index contributed by atoms with van der Waals surface area (Å²) in [5.41, 5.74) is 2.76. The van der Waals surface area contributed by atoms with E-state index in [-0.39, 0.29) is 11.7 Å². The molecule has 1 aromatic heterocycles. The second kappa shape index (κ2) is 7.13. The van der Waals surface area contributed by atoms with E-state index >= 15 is 0 Å². The number of carbonyl (C=O) groups is 1. The summed E-state index contributed by atoms with van der Waals surface area (Å²) < 4.78 is 25.5. The van der Waals surface area contributed by atoms with Crippen LogP contribution in [0.15, 0.2) is 18.2 Å². The molecule has 1 aliphatic heterocycles. The molecule has 0 aliphatic carbocycles. The van der Waals surface area contributed by atoms with Gasteiger partial charge >= 0.3 is 0 Å². The number of nitrogens with zero attached hydrogens (tertiary/aromatic N) is 3. The van der Waals surface area contributed by atoms with Crippen molar-refractivity contribution in [2.75, 3.05) is 31.9 Å². The number of benzene rings is 1. The smallest absolute Gasteiger partial charge is 0.227 e. The number of rotatable bonds is 4. The van der Waals surface area contributed by atoms with Crippen LogP contribution in [-0.4, -0.2) is 65.4 Å². The summed E-state index contributed by atoms with van der Waals surface area (Å²) >= 11 is 0. The van der Waals surface area contributed by atoms with Crippen molar-refractivity contribution in [2.24, 2.45) is 0 Å². The van der Waals surface area contributed by atoms with Gasteiger partial charge < -0.3 is 9.88 Å². The molecule has 1 aliphatic rings. The van der Waals surface area contributed by atoms with Crippen molar-refractivity contribution in [1.29, 1.82) is 0 Å². The summed E-state index contributed by atoms with van der Waals surface area (Å²) in [6, 6.07) is 5.80. The highest BCUT2D eigenvalue weighted by Crippen LogP contribution is 2.15. The third-order valence-corrected chi connectivity index (χ3v) is 6.47. The average Bonchev–Trinajstić information content (AvgIpc) is 2.79. The zero-order valence-electron chi connectivity index (χ0n) is 14.7. The molecule has 0 bridgehead atoms. The van der Waals surface area contributed by atoms with E-state index in [1.807, 2.05) is 25.1 Å². The first-order valence-corrected chi connectivity index (χ1v) is 10.2. The van der Waals surface area contributed by atoms with Crippen molar-refractivity contribution in [3.05, 3.63) is 29.6 Å². The third-order valence-electron chi connectivity index (χ3n) is 4.59. The van der Waals surface area contributed by atoms with E-state index in [1.165, 1.54) is 4.31 Å². The van der Waals surface area contributed by atoms with Crippen LogP contribution in [-0.2, 0) is 21.2 Å². The van der Waals surface area contributed by atoms with E-state index in [4.69, 9.17) is 0 Å². The Kier molecular flexibility index (Phi) is 5.10. The van der Waals surface area contributed by atoms with E-state index in [1.54, 1.807) is 11.8 Å². The monoisotopic (exact) mass is 364 g/mol. The number of hydrogen-bond acceptors (Lipinski definition) is 4. The van der Waals surface area contributed by atoms with Gasteiger partial charge in [-0.15, -0.1) is 0 Å². The van der Waals surface area contributed by atoms with Crippen molar-refractivity contribution in [2.45, 2.75) is 26.7 Å². The van der Waals surface area contributed by atoms with Crippen LogP contribution in [0.5, 0.6) is 0 Å². The molecule has 0 spiro atoms. The highest BCUT2D eigenvalue weighted by molar-refractivity contribution is 7.89. The normalized spacial score (nSPS) is 17.0. The van der Waals surface area contributed by atoms with E-state index in [2.05, 4.69) is 9.97 Å². The second-order valence-electron chi connectivity index (χ2n) is 6.38. The number of hydrogen-bond donors (Lipinski definition) is 1. The first-order valence-electron chi connectivity index (χ1n) is 8.60. The molecule has 25 heavy (non-hydrogen) atoms. The standard InChI is InChI=1S/C17H24N4O3S/c1-3-25(23,24)21-8-4-7-20(9-10-21)17(22)12-14-5-6-15-16(11-14)19-13(2)18-15/h5-6,11H,3-4,7-10,12H2,1-2H3,(H,18,19). The Balaban J connectivity index is 1.66. The number of H-pyrrole nitrogens is 1. The summed E-state index contributed by atoms with van der Waals surface area (Å²) in [6.45, 7) is 5.46. The first-order chi connectivity index (χ1) is 11.9. The van der Waals surface area contributed by atoms with Gasteiger partial charge in [0.05, 0.1) is 23.2 Å². The van der Waals surface area contributed by atoms with E-state index in [9.17, 15) is 13.2 Å². The van der Waals surface area contributed by atoms with Gasteiger partial charge in [-0.2, -0.15) is 0 Å². The molecule has 1 N–H and O–H groups in total. The number of imidazole rings is 1. The van der Waals surface area contributed by atoms with E-state index in [0.29, 0.717) is 39.0 Å². The highest BCUT2D eigenvalue weighted by atomic mass is 32.2. The van der Waals surface area contributed by atoms with Gasteiger partial charge in [-0.1, -0.05) is 6.07 Å². The Morgan fingerprint density at radius 3 is 2.80 bits per heavy atom. The molecule has 1 saturated heterocycles. The Morgan fingerprint density at radius 2 is 2.04 bits per heavy atom. The Morgan fingerprint density at radius 1 is 1.24 bits per heavy atom. The molecule has 0 radical (unpaired) electrons. The van der Waals surface area contributed by atoms with Crippen molar-refractivity contribution in [3.63, 3.8) is 0 Å². The zero-order chi connectivity index (χ0) is 18.0. The molecule has 1 fully saturated rings. The number of aryl methyl sites for hydroxylation is 1. The lowest BCUT2D eigenvalue weighted by Crippen LogP contribution is -2.38. The summed E-state index contributed by atoms with van der Waals surface area (Å²) in [5, 5.41) is 0. The Bertz CT molecular complexity index is 875. The molecule has 0 unspecified atom stereocenters.